The summed E-state index contributed by atoms with van der Waals surface area (Å²) in [6, 6.07) is 7.32. The van der Waals surface area contributed by atoms with Crippen LogP contribution in [0, 0.1) is 5.82 Å². The molecule has 1 aromatic heterocycles. The van der Waals surface area contributed by atoms with E-state index in [1.165, 1.54) is 24.3 Å². The van der Waals surface area contributed by atoms with Crippen molar-refractivity contribution in [3.8, 4) is 0 Å². The zero-order valence-corrected chi connectivity index (χ0v) is 14.2. The summed E-state index contributed by atoms with van der Waals surface area (Å²) in [6.07, 6.45) is 0. The molecule has 0 aliphatic rings. The molecule has 1 heterocycles. The van der Waals surface area contributed by atoms with Gasteiger partial charge in [-0.25, -0.2) is 17.5 Å². The van der Waals surface area contributed by atoms with Crippen LogP contribution < -0.4 is 4.72 Å². The standard InChI is InChI=1S/C11H8Br2FNO2S2/c12-9-5-10(18-11(9)13)19(16,17)15-6-7-2-1-3-8(14)4-7/h1-5,15H,6H2. The minimum atomic E-state index is -3.59. The molecule has 1 N–H and O–H groups in total. The van der Waals surface area contributed by atoms with Gasteiger partial charge in [0.15, 0.2) is 0 Å². The van der Waals surface area contributed by atoms with Gasteiger partial charge in [-0.1, -0.05) is 12.1 Å². The molecule has 0 atom stereocenters. The molecule has 3 nitrogen and oxygen atoms in total. The number of halogens is 3. The fourth-order valence-electron chi connectivity index (χ4n) is 1.36. The molecule has 0 spiro atoms. The first-order valence-electron chi connectivity index (χ1n) is 5.07. The number of hydrogen-bond acceptors (Lipinski definition) is 3. The van der Waals surface area contributed by atoms with Crippen molar-refractivity contribution >= 4 is 53.2 Å². The summed E-state index contributed by atoms with van der Waals surface area (Å²) in [6.45, 7) is 0.0488. The van der Waals surface area contributed by atoms with Gasteiger partial charge in [-0.15, -0.1) is 11.3 Å². The highest BCUT2D eigenvalue weighted by molar-refractivity contribution is 9.13. The fraction of sp³-hybridized carbons (Fsp3) is 0.0909. The number of thiophene rings is 1. The second-order valence-corrected chi connectivity index (χ2v) is 8.86. The Morgan fingerprint density at radius 3 is 2.58 bits per heavy atom. The number of rotatable bonds is 4. The molecular formula is C11H8Br2FNO2S2. The van der Waals surface area contributed by atoms with E-state index in [0.29, 0.717) is 13.8 Å². The minimum Gasteiger partial charge on any atom is -0.207 e. The molecule has 1 aromatic carbocycles. The van der Waals surface area contributed by atoms with Gasteiger partial charge in [0.1, 0.15) is 10.0 Å². The van der Waals surface area contributed by atoms with E-state index in [1.54, 1.807) is 6.07 Å². The average Bonchev–Trinajstić information content (AvgIpc) is 2.68. The maximum atomic E-state index is 13.0. The van der Waals surface area contributed by atoms with Crippen molar-refractivity contribution in [1.29, 1.82) is 0 Å². The van der Waals surface area contributed by atoms with Gasteiger partial charge in [0.2, 0.25) is 10.0 Å². The Labute approximate surface area is 131 Å². The van der Waals surface area contributed by atoms with Gasteiger partial charge < -0.3 is 0 Å². The SMILES string of the molecule is O=S(=O)(NCc1cccc(F)c1)c1cc(Br)c(Br)s1. The lowest BCUT2D eigenvalue weighted by Gasteiger charge is -2.04. The van der Waals surface area contributed by atoms with Crippen LogP contribution in [0.4, 0.5) is 4.39 Å². The monoisotopic (exact) mass is 427 g/mol. The van der Waals surface area contributed by atoms with Crippen molar-refractivity contribution in [2.45, 2.75) is 10.8 Å². The first-order valence-corrected chi connectivity index (χ1v) is 8.96. The molecule has 0 unspecified atom stereocenters. The third kappa shape index (κ3) is 3.85. The molecule has 8 heteroatoms. The summed E-state index contributed by atoms with van der Waals surface area (Å²) in [5.41, 5.74) is 0.568. The maximum absolute atomic E-state index is 13.0. The molecule has 2 aromatic rings. The molecule has 102 valence electrons. The highest BCUT2D eigenvalue weighted by atomic mass is 79.9. The van der Waals surface area contributed by atoms with Crippen LogP contribution in [0.5, 0.6) is 0 Å². The van der Waals surface area contributed by atoms with Crippen molar-refractivity contribution in [3.63, 3.8) is 0 Å². The van der Waals surface area contributed by atoms with E-state index in [0.717, 1.165) is 11.3 Å². The predicted octanol–water partition coefficient (Wildman–Crippen LogP) is 3.89. The Morgan fingerprint density at radius 2 is 2.00 bits per heavy atom. The van der Waals surface area contributed by atoms with E-state index < -0.39 is 15.8 Å². The lowest BCUT2D eigenvalue weighted by Crippen LogP contribution is -2.22. The third-order valence-electron chi connectivity index (χ3n) is 2.24. The Kier molecular flexibility index (Phi) is 4.78. The summed E-state index contributed by atoms with van der Waals surface area (Å²) >= 11 is 7.58. The fourth-order valence-corrected chi connectivity index (χ4v) is 5.24. The number of hydrogen-bond donors (Lipinski definition) is 1. The largest absolute Gasteiger partial charge is 0.250 e. The van der Waals surface area contributed by atoms with Crippen molar-refractivity contribution in [3.05, 3.63) is 50.0 Å². The molecule has 0 saturated carbocycles. The molecule has 0 amide bonds. The molecular weight excluding hydrogens is 421 g/mol. The molecule has 0 fully saturated rings. The number of sulfonamides is 1. The van der Waals surface area contributed by atoms with Crippen LogP contribution in [-0.4, -0.2) is 8.42 Å². The second-order valence-electron chi connectivity index (χ2n) is 3.64. The van der Waals surface area contributed by atoms with Crippen LogP contribution in [0.2, 0.25) is 0 Å². The first-order chi connectivity index (χ1) is 8.88. The van der Waals surface area contributed by atoms with Crippen LogP contribution in [0.25, 0.3) is 0 Å². The predicted molar refractivity (Wildman–Crippen MR) is 80.1 cm³/mol. The smallest absolute Gasteiger partial charge is 0.207 e. The van der Waals surface area contributed by atoms with E-state index in [-0.39, 0.29) is 10.8 Å². The molecule has 0 aliphatic carbocycles. The quantitative estimate of drug-likeness (QED) is 0.802. The highest BCUT2D eigenvalue weighted by Gasteiger charge is 2.18. The van der Waals surface area contributed by atoms with Crippen LogP contribution in [0.1, 0.15) is 5.56 Å². The van der Waals surface area contributed by atoms with Crippen molar-refractivity contribution in [2.75, 3.05) is 0 Å². The summed E-state index contributed by atoms with van der Waals surface area (Å²) in [4.78, 5) is 0. The van der Waals surface area contributed by atoms with Crippen LogP contribution in [0.3, 0.4) is 0 Å². The summed E-state index contributed by atoms with van der Waals surface area (Å²) in [5, 5.41) is 0. The maximum Gasteiger partial charge on any atom is 0.250 e. The molecule has 0 saturated heterocycles. The highest BCUT2D eigenvalue weighted by Crippen LogP contribution is 2.34. The van der Waals surface area contributed by atoms with E-state index in [2.05, 4.69) is 36.6 Å². The van der Waals surface area contributed by atoms with Gasteiger partial charge in [-0.2, -0.15) is 0 Å². The van der Waals surface area contributed by atoms with Crippen LogP contribution >= 0.6 is 43.2 Å². The Bertz CT molecular complexity index is 681. The lowest BCUT2D eigenvalue weighted by atomic mass is 10.2. The van der Waals surface area contributed by atoms with Gasteiger partial charge in [0.05, 0.1) is 3.79 Å². The van der Waals surface area contributed by atoms with Crippen molar-refractivity contribution in [1.82, 2.24) is 4.72 Å². The Morgan fingerprint density at radius 1 is 1.26 bits per heavy atom. The van der Waals surface area contributed by atoms with E-state index in [1.807, 2.05) is 0 Å². The second kappa shape index (κ2) is 6.01. The molecule has 2 rings (SSSR count). The van der Waals surface area contributed by atoms with Gasteiger partial charge >= 0.3 is 0 Å². The summed E-state index contributed by atoms with van der Waals surface area (Å²) in [7, 11) is -3.59. The van der Waals surface area contributed by atoms with Crippen LogP contribution in [-0.2, 0) is 16.6 Å². The Balaban J connectivity index is 2.14. The van der Waals surface area contributed by atoms with E-state index in [9.17, 15) is 12.8 Å². The summed E-state index contributed by atoms with van der Waals surface area (Å²) in [5.74, 6) is -0.390. The lowest BCUT2D eigenvalue weighted by molar-refractivity contribution is 0.582. The van der Waals surface area contributed by atoms with Gasteiger partial charge in [-0.05, 0) is 55.6 Å². The molecule has 0 bridgehead atoms. The van der Waals surface area contributed by atoms with Crippen LogP contribution in [0.15, 0.2) is 42.8 Å². The topological polar surface area (TPSA) is 46.2 Å². The van der Waals surface area contributed by atoms with Crippen molar-refractivity contribution in [2.24, 2.45) is 0 Å². The molecule has 0 radical (unpaired) electrons. The zero-order valence-electron chi connectivity index (χ0n) is 9.36. The Hall–Kier alpha value is -0.280. The first kappa shape index (κ1) is 15.1. The molecule has 19 heavy (non-hydrogen) atoms. The van der Waals surface area contributed by atoms with E-state index in [4.69, 9.17) is 0 Å². The minimum absolute atomic E-state index is 0.0488. The van der Waals surface area contributed by atoms with Gasteiger partial charge in [-0.3, -0.25) is 0 Å². The normalized spacial score (nSPS) is 11.7. The van der Waals surface area contributed by atoms with Crippen molar-refractivity contribution < 1.29 is 12.8 Å². The molecule has 0 aliphatic heterocycles. The average molecular weight is 429 g/mol. The zero-order chi connectivity index (χ0) is 14.0. The number of benzene rings is 1. The van der Waals surface area contributed by atoms with E-state index >= 15 is 0 Å². The van der Waals surface area contributed by atoms with Gasteiger partial charge in [0.25, 0.3) is 0 Å². The summed E-state index contributed by atoms with van der Waals surface area (Å²) < 4.78 is 41.0. The number of nitrogens with one attached hydrogen (secondary N) is 1. The third-order valence-corrected chi connectivity index (χ3v) is 7.37. The van der Waals surface area contributed by atoms with Gasteiger partial charge in [0, 0.05) is 11.0 Å².